The van der Waals surface area contributed by atoms with Gasteiger partial charge in [-0.25, -0.2) is 4.98 Å². The monoisotopic (exact) mass is 332 g/mol. The van der Waals surface area contributed by atoms with Crippen LogP contribution in [0.4, 0.5) is 11.4 Å². The summed E-state index contributed by atoms with van der Waals surface area (Å²) in [7, 11) is 4.04. The van der Waals surface area contributed by atoms with E-state index < -0.39 is 0 Å². The Kier molecular flexibility index (Phi) is 5.96. The van der Waals surface area contributed by atoms with Crippen LogP contribution in [0, 0.1) is 6.92 Å². The zero-order valence-corrected chi connectivity index (χ0v) is 14.3. The van der Waals surface area contributed by atoms with Gasteiger partial charge in [-0.1, -0.05) is 17.7 Å². The lowest BCUT2D eigenvalue weighted by Gasteiger charge is -2.12. The van der Waals surface area contributed by atoms with Crippen molar-refractivity contribution in [3.63, 3.8) is 0 Å². The van der Waals surface area contributed by atoms with Gasteiger partial charge < -0.3 is 15.5 Å². The van der Waals surface area contributed by atoms with Gasteiger partial charge in [0, 0.05) is 23.8 Å². The van der Waals surface area contributed by atoms with Crippen LogP contribution in [-0.4, -0.2) is 43.0 Å². The maximum Gasteiger partial charge on any atom is 0.274 e. The summed E-state index contributed by atoms with van der Waals surface area (Å²) in [6.45, 7) is 3.61. The first-order valence-electron chi connectivity index (χ1n) is 7.38. The number of nitrogens with one attached hydrogen (secondary N) is 2. The number of pyridine rings is 1. The van der Waals surface area contributed by atoms with Crippen LogP contribution in [0.25, 0.3) is 0 Å². The summed E-state index contributed by atoms with van der Waals surface area (Å²) in [6, 6.07) is 8.96. The molecule has 0 aliphatic carbocycles. The second kappa shape index (κ2) is 7.94. The Morgan fingerprint density at radius 1 is 1.26 bits per heavy atom. The van der Waals surface area contributed by atoms with Crippen molar-refractivity contribution in [2.24, 2.45) is 0 Å². The average Bonchev–Trinajstić information content (AvgIpc) is 2.52. The molecule has 0 aliphatic heterocycles. The Labute approximate surface area is 141 Å². The average molecular weight is 333 g/mol. The molecule has 1 aromatic heterocycles. The molecule has 1 heterocycles. The largest absolute Gasteiger partial charge is 0.383 e. The third-order valence-corrected chi connectivity index (χ3v) is 3.81. The van der Waals surface area contributed by atoms with E-state index in [4.69, 9.17) is 11.6 Å². The van der Waals surface area contributed by atoms with Crippen molar-refractivity contribution in [1.82, 2.24) is 9.88 Å². The van der Waals surface area contributed by atoms with Crippen molar-refractivity contribution in [1.29, 1.82) is 0 Å². The van der Waals surface area contributed by atoms with E-state index in [2.05, 4.69) is 20.5 Å². The van der Waals surface area contributed by atoms with Crippen molar-refractivity contribution < 1.29 is 4.79 Å². The normalized spacial score (nSPS) is 10.7. The Morgan fingerprint density at radius 3 is 2.70 bits per heavy atom. The topological polar surface area (TPSA) is 57.3 Å². The fourth-order valence-corrected chi connectivity index (χ4v) is 2.16. The number of nitrogens with zero attached hydrogens (tertiary/aromatic N) is 2. The first-order valence-corrected chi connectivity index (χ1v) is 7.76. The predicted molar refractivity (Wildman–Crippen MR) is 95.4 cm³/mol. The highest BCUT2D eigenvalue weighted by Crippen LogP contribution is 2.23. The predicted octanol–water partition coefficient (Wildman–Crippen LogP) is 3.27. The minimum absolute atomic E-state index is 0.254. The zero-order valence-electron chi connectivity index (χ0n) is 13.6. The molecule has 0 fully saturated rings. The summed E-state index contributed by atoms with van der Waals surface area (Å²) < 4.78 is 0. The van der Waals surface area contributed by atoms with Crippen LogP contribution in [0.15, 0.2) is 36.5 Å². The lowest BCUT2D eigenvalue weighted by atomic mass is 10.2. The molecule has 1 amide bonds. The van der Waals surface area contributed by atoms with Gasteiger partial charge in [0.1, 0.15) is 5.69 Å². The van der Waals surface area contributed by atoms with Crippen molar-refractivity contribution >= 4 is 28.9 Å². The SMILES string of the molecule is Cc1c(Cl)cccc1NC(=O)c1ccc(NCCN(C)C)cn1. The number of anilines is 2. The third-order valence-electron chi connectivity index (χ3n) is 3.40. The van der Waals surface area contributed by atoms with E-state index in [-0.39, 0.29) is 5.91 Å². The molecule has 0 bridgehead atoms. The number of rotatable bonds is 6. The number of amides is 1. The quantitative estimate of drug-likeness (QED) is 0.852. The highest BCUT2D eigenvalue weighted by atomic mass is 35.5. The van der Waals surface area contributed by atoms with E-state index in [0.717, 1.165) is 24.3 Å². The van der Waals surface area contributed by atoms with E-state index in [1.807, 2.05) is 33.2 Å². The van der Waals surface area contributed by atoms with Gasteiger partial charge in [-0.15, -0.1) is 0 Å². The van der Waals surface area contributed by atoms with Gasteiger partial charge in [0.05, 0.1) is 11.9 Å². The molecule has 0 unspecified atom stereocenters. The van der Waals surface area contributed by atoms with Crippen molar-refractivity contribution in [2.75, 3.05) is 37.8 Å². The Morgan fingerprint density at radius 2 is 2.04 bits per heavy atom. The zero-order chi connectivity index (χ0) is 16.8. The van der Waals surface area contributed by atoms with Crippen LogP contribution in [0.3, 0.4) is 0 Å². The van der Waals surface area contributed by atoms with E-state index in [9.17, 15) is 4.79 Å². The summed E-state index contributed by atoms with van der Waals surface area (Å²) in [5.74, 6) is -0.254. The Hall–Kier alpha value is -2.11. The molecular weight excluding hydrogens is 312 g/mol. The first kappa shape index (κ1) is 17.2. The summed E-state index contributed by atoms with van der Waals surface area (Å²) in [6.07, 6.45) is 1.66. The number of likely N-dealkylation sites (N-methyl/N-ethyl adjacent to an activating group) is 1. The molecule has 2 aromatic rings. The van der Waals surface area contributed by atoms with E-state index in [0.29, 0.717) is 16.4 Å². The molecule has 2 N–H and O–H groups in total. The molecule has 0 aliphatic rings. The number of hydrogen-bond donors (Lipinski definition) is 2. The highest BCUT2D eigenvalue weighted by Gasteiger charge is 2.10. The van der Waals surface area contributed by atoms with Crippen LogP contribution in [-0.2, 0) is 0 Å². The van der Waals surface area contributed by atoms with Crippen LogP contribution < -0.4 is 10.6 Å². The third kappa shape index (κ3) is 4.94. The summed E-state index contributed by atoms with van der Waals surface area (Å²) in [5, 5.41) is 6.71. The minimum atomic E-state index is -0.254. The molecule has 0 saturated carbocycles. The molecule has 6 heteroatoms. The number of aromatic nitrogens is 1. The molecule has 0 saturated heterocycles. The highest BCUT2D eigenvalue weighted by molar-refractivity contribution is 6.31. The van der Waals surface area contributed by atoms with Gasteiger partial charge in [0.2, 0.25) is 0 Å². The molecule has 23 heavy (non-hydrogen) atoms. The van der Waals surface area contributed by atoms with Crippen molar-refractivity contribution in [2.45, 2.75) is 6.92 Å². The van der Waals surface area contributed by atoms with E-state index in [1.165, 1.54) is 0 Å². The minimum Gasteiger partial charge on any atom is -0.383 e. The van der Waals surface area contributed by atoms with Crippen LogP contribution >= 0.6 is 11.6 Å². The standard InChI is InChI=1S/C17H21ClN4O/c1-12-14(18)5-4-6-15(12)21-17(23)16-8-7-13(11-20-16)19-9-10-22(2)3/h4-8,11,19H,9-10H2,1-3H3,(H,21,23). The molecule has 0 spiro atoms. The fraction of sp³-hybridized carbons (Fsp3) is 0.294. The lowest BCUT2D eigenvalue weighted by molar-refractivity contribution is 0.102. The van der Waals surface area contributed by atoms with Gasteiger partial charge in [-0.2, -0.15) is 0 Å². The smallest absolute Gasteiger partial charge is 0.274 e. The van der Waals surface area contributed by atoms with Gasteiger partial charge in [-0.05, 0) is 50.8 Å². The van der Waals surface area contributed by atoms with Crippen LogP contribution in [0.2, 0.25) is 5.02 Å². The molecule has 1 aromatic carbocycles. The second-order valence-electron chi connectivity index (χ2n) is 5.53. The van der Waals surface area contributed by atoms with Crippen molar-refractivity contribution in [3.05, 3.63) is 52.8 Å². The molecule has 122 valence electrons. The maximum atomic E-state index is 12.2. The second-order valence-corrected chi connectivity index (χ2v) is 5.94. The van der Waals surface area contributed by atoms with Gasteiger partial charge >= 0.3 is 0 Å². The van der Waals surface area contributed by atoms with Gasteiger partial charge in [-0.3, -0.25) is 4.79 Å². The van der Waals surface area contributed by atoms with Crippen LogP contribution in [0.5, 0.6) is 0 Å². The molecule has 5 nitrogen and oxygen atoms in total. The van der Waals surface area contributed by atoms with E-state index in [1.54, 1.807) is 24.4 Å². The summed E-state index contributed by atoms with van der Waals surface area (Å²) in [5.41, 5.74) is 2.78. The van der Waals surface area contributed by atoms with Gasteiger partial charge in [0.15, 0.2) is 0 Å². The molecule has 0 radical (unpaired) electrons. The summed E-state index contributed by atoms with van der Waals surface area (Å²) >= 11 is 6.06. The van der Waals surface area contributed by atoms with Crippen LogP contribution in [0.1, 0.15) is 16.1 Å². The Balaban J connectivity index is 1.98. The lowest BCUT2D eigenvalue weighted by Crippen LogP contribution is -2.21. The molecule has 2 rings (SSSR count). The Bertz CT molecular complexity index is 671. The van der Waals surface area contributed by atoms with Gasteiger partial charge in [0.25, 0.3) is 5.91 Å². The first-order chi connectivity index (χ1) is 11.0. The summed E-state index contributed by atoms with van der Waals surface area (Å²) in [4.78, 5) is 18.5. The number of halogens is 1. The number of carbonyl (C=O) groups is 1. The number of carbonyl (C=O) groups excluding carboxylic acids is 1. The van der Waals surface area contributed by atoms with E-state index >= 15 is 0 Å². The molecular formula is C17H21ClN4O. The van der Waals surface area contributed by atoms with Crippen molar-refractivity contribution in [3.8, 4) is 0 Å². The molecule has 0 atom stereocenters. The maximum absolute atomic E-state index is 12.2. The number of hydrogen-bond acceptors (Lipinski definition) is 4. The fourth-order valence-electron chi connectivity index (χ4n) is 1.99. The number of benzene rings is 1.